The number of hydrogen-bond acceptors (Lipinski definition) is 2. The molecule has 2 nitrogen and oxygen atoms in total. The molecule has 3 heteroatoms. The number of methoxy groups -OCH3 is 1. The van der Waals surface area contributed by atoms with E-state index in [0.29, 0.717) is 13.2 Å². The Hall–Kier alpha value is -0.570. The monoisotopic (exact) mass is 185 g/mol. The van der Waals surface area contributed by atoms with Gasteiger partial charge in [0.1, 0.15) is 0 Å². The number of ether oxygens (including phenoxy) is 1. The third kappa shape index (κ3) is 2.21. The summed E-state index contributed by atoms with van der Waals surface area (Å²) in [5.74, 6) is 0. The first-order valence-electron chi connectivity index (χ1n) is 3.74. The lowest BCUT2D eigenvalue weighted by Crippen LogP contribution is -2.02. The third-order valence-electron chi connectivity index (χ3n) is 1.69. The summed E-state index contributed by atoms with van der Waals surface area (Å²) in [5, 5.41) is 0.718. The predicted octanol–water partition coefficient (Wildman–Crippen LogP) is 1.95. The summed E-state index contributed by atoms with van der Waals surface area (Å²) in [4.78, 5) is 0. The Morgan fingerprint density at radius 2 is 2.17 bits per heavy atom. The summed E-state index contributed by atoms with van der Waals surface area (Å²) in [6.45, 7) is 1.09. The molecule has 0 fully saturated rings. The van der Waals surface area contributed by atoms with Crippen LogP contribution in [0.3, 0.4) is 0 Å². The molecule has 0 aliphatic rings. The summed E-state index contributed by atoms with van der Waals surface area (Å²) < 4.78 is 5.01. The number of rotatable bonds is 3. The van der Waals surface area contributed by atoms with Crippen LogP contribution in [0.1, 0.15) is 11.1 Å². The topological polar surface area (TPSA) is 35.2 Å². The number of nitrogens with two attached hydrogens (primary N) is 1. The van der Waals surface area contributed by atoms with Crippen molar-refractivity contribution < 1.29 is 4.74 Å². The molecule has 0 unspecified atom stereocenters. The first kappa shape index (κ1) is 9.52. The minimum atomic E-state index is 0.499. The normalized spacial score (nSPS) is 10.2. The Morgan fingerprint density at radius 1 is 1.42 bits per heavy atom. The van der Waals surface area contributed by atoms with E-state index >= 15 is 0 Å². The maximum absolute atomic E-state index is 5.80. The Balaban J connectivity index is 2.94. The van der Waals surface area contributed by atoms with E-state index in [1.165, 1.54) is 0 Å². The average Bonchev–Trinajstić information content (AvgIpc) is 2.08. The van der Waals surface area contributed by atoms with E-state index in [2.05, 4.69) is 0 Å². The summed E-state index contributed by atoms with van der Waals surface area (Å²) in [5.41, 5.74) is 7.68. The molecule has 0 heterocycles. The van der Waals surface area contributed by atoms with Crippen molar-refractivity contribution in [3.05, 3.63) is 34.3 Å². The van der Waals surface area contributed by atoms with E-state index in [9.17, 15) is 0 Å². The zero-order valence-electron chi connectivity index (χ0n) is 7.01. The van der Waals surface area contributed by atoms with Crippen LogP contribution in [-0.4, -0.2) is 7.11 Å². The molecule has 0 aromatic heterocycles. The lowest BCUT2D eigenvalue weighted by Gasteiger charge is -2.06. The van der Waals surface area contributed by atoms with Crippen LogP contribution in [-0.2, 0) is 17.9 Å². The minimum absolute atomic E-state index is 0.499. The number of hydrogen-bond donors (Lipinski definition) is 1. The molecule has 1 rings (SSSR count). The Morgan fingerprint density at radius 3 is 2.75 bits per heavy atom. The molecule has 0 saturated carbocycles. The maximum Gasteiger partial charge on any atom is 0.0716 e. The van der Waals surface area contributed by atoms with E-state index < -0.39 is 0 Å². The molecule has 12 heavy (non-hydrogen) atoms. The van der Waals surface area contributed by atoms with E-state index in [1.54, 1.807) is 7.11 Å². The van der Waals surface area contributed by atoms with Crippen molar-refractivity contribution in [3.8, 4) is 0 Å². The number of benzene rings is 1. The molecule has 1 aromatic rings. The Kier molecular flexibility index (Phi) is 3.53. The van der Waals surface area contributed by atoms with Crippen LogP contribution in [0, 0.1) is 0 Å². The van der Waals surface area contributed by atoms with Gasteiger partial charge in [0.2, 0.25) is 0 Å². The van der Waals surface area contributed by atoms with Crippen molar-refractivity contribution in [2.45, 2.75) is 13.2 Å². The van der Waals surface area contributed by atoms with Gasteiger partial charge in [-0.05, 0) is 23.3 Å². The van der Waals surface area contributed by atoms with Crippen molar-refractivity contribution >= 4 is 11.6 Å². The molecule has 0 bridgehead atoms. The average molecular weight is 186 g/mol. The molecule has 2 N–H and O–H groups in total. The van der Waals surface area contributed by atoms with Crippen LogP contribution in [0.25, 0.3) is 0 Å². The van der Waals surface area contributed by atoms with Crippen molar-refractivity contribution in [1.82, 2.24) is 0 Å². The van der Waals surface area contributed by atoms with Gasteiger partial charge in [0.05, 0.1) is 6.61 Å². The first-order chi connectivity index (χ1) is 5.77. The second kappa shape index (κ2) is 4.45. The maximum atomic E-state index is 5.80. The quantitative estimate of drug-likeness (QED) is 0.781. The molecule has 1 aromatic carbocycles. The van der Waals surface area contributed by atoms with Gasteiger partial charge in [0.25, 0.3) is 0 Å². The van der Waals surface area contributed by atoms with Gasteiger partial charge < -0.3 is 10.5 Å². The second-order valence-corrected chi connectivity index (χ2v) is 2.99. The van der Waals surface area contributed by atoms with Crippen LogP contribution in [0.15, 0.2) is 18.2 Å². The van der Waals surface area contributed by atoms with E-state index in [0.717, 1.165) is 16.1 Å². The highest BCUT2D eigenvalue weighted by atomic mass is 35.5. The molecule has 0 radical (unpaired) electrons. The zero-order chi connectivity index (χ0) is 8.97. The molecular formula is C9H12ClNO. The van der Waals surface area contributed by atoms with Crippen LogP contribution >= 0.6 is 11.6 Å². The standard InChI is InChI=1S/C9H12ClNO/c1-12-6-7-2-3-9(10)4-8(7)5-11/h2-4H,5-6,11H2,1H3. The molecule has 0 amide bonds. The Labute approximate surface area is 77.3 Å². The lowest BCUT2D eigenvalue weighted by atomic mass is 10.1. The highest BCUT2D eigenvalue weighted by molar-refractivity contribution is 6.30. The lowest BCUT2D eigenvalue weighted by molar-refractivity contribution is 0.184. The van der Waals surface area contributed by atoms with Crippen molar-refractivity contribution in [2.75, 3.05) is 7.11 Å². The smallest absolute Gasteiger partial charge is 0.0716 e. The molecule has 0 saturated heterocycles. The third-order valence-corrected chi connectivity index (χ3v) is 1.92. The van der Waals surface area contributed by atoms with Crippen LogP contribution < -0.4 is 5.73 Å². The molecule has 0 aliphatic carbocycles. The van der Waals surface area contributed by atoms with Gasteiger partial charge in [-0.15, -0.1) is 0 Å². The Bertz CT molecular complexity index is 263. The predicted molar refractivity (Wildman–Crippen MR) is 50.1 cm³/mol. The van der Waals surface area contributed by atoms with Crippen molar-refractivity contribution in [1.29, 1.82) is 0 Å². The highest BCUT2D eigenvalue weighted by Crippen LogP contribution is 2.16. The van der Waals surface area contributed by atoms with Gasteiger partial charge in [-0.1, -0.05) is 17.7 Å². The van der Waals surface area contributed by atoms with Gasteiger partial charge >= 0.3 is 0 Å². The van der Waals surface area contributed by atoms with Crippen LogP contribution in [0.5, 0.6) is 0 Å². The molecule has 0 atom stereocenters. The number of halogens is 1. The van der Waals surface area contributed by atoms with Gasteiger partial charge in [0, 0.05) is 18.7 Å². The summed E-state index contributed by atoms with van der Waals surface area (Å²) >= 11 is 5.80. The fraction of sp³-hybridized carbons (Fsp3) is 0.333. The van der Waals surface area contributed by atoms with Crippen molar-refractivity contribution in [2.24, 2.45) is 5.73 Å². The van der Waals surface area contributed by atoms with Crippen LogP contribution in [0.4, 0.5) is 0 Å². The van der Waals surface area contributed by atoms with Gasteiger partial charge in [-0.2, -0.15) is 0 Å². The van der Waals surface area contributed by atoms with Gasteiger partial charge in [0.15, 0.2) is 0 Å². The van der Waals surface area contributed by atoms with Crippen LogP contribution in [0.2, 0.25) is 5.02 Å². The highest BCUT2D eigenvalue weighted by Gasteiger charge is 2.00. The SMILES string of the molecule is COCc1ccc(Cl)cc1CN. The first-order valence-corrected chi connectivity index (χ1v) is 4.12. The summed E-state index contributed by atoms with van der Waals surface area (Å²) in [6.07, 6.45) is 0. The fourth-order valence-corrected chi connectivity index (χ4v) is 1.28. The zero-order valence-corrected chi connectivity index (χ0v) is 7.77. The second-order valence-electron chi connectivity index (χ2n) is 2.55. The van der Waals surface area contributed by atoms with Gasteiger partial charge in [-0.25, -0.2) is 0 Å². The van der Waals surface area contributed by atoms with Gasteiger partial charge in [-0.3, -0.25) is 0 Å². The molecular weight excluding hydrogens is 174 g/mol. The molecule has 0 aliphatic heterocycles. The largest absolute Gasteiger partial charge is 0.380 e. The molecule has 66 valence electrons. The minimum Gasteiger partial charge on any atom is -0.380 e. The summed E-state index contributed by atoms with van der Waals surface area (Å²) in [7, 11) is 1.66. The van der Waals surface area contributed by atoms with E-state index in [1.807, 2.05) is 18.2 Å². The van der Waals surface area contributed by atoms with E-state index in [-0.39, 0.29) is 0 Å². The van der Waals surface area contributed by atoms with Crippen molar-refractivity contribution in [3.63, 3.8) is 0 Å². The van der Waals surface area contributed by atoms with E-state index in [4.69, 9.17) is 22.1 Å². The fourth-order valence-electron chi connectivity index (χ4n) is 1.08. The molecule has 0 spiro atoms. The summed E-state index contributed by atoms with van der Waals surface area (Å²) in [6, 6.07) is 5.65.